The van der Waals surface area contributed by atoms with Gasteiger partial charge in [0.1, 0.15) is 5.69 Å². The van der Waals surface area contributed by atoms with E-state index in [0.29, 0.717) is 6.54 Å². The summed E-state index contributed by atoms with van der Waals surface area (Å²) in [7, 11) is -3.62. The molecule has 0 radical (unpaired) electrons. The van der Waals surface area contributed by atoms with Gasteiger partial charge in [-0.05, 0) is 31.9 Å². The molecular formula is C12H17N3O4S. The smallest absolute Gasteiger partial charge is 0.354 e. The zero-order valence-electron chi connectivity index (χ0n) is 11.1. The van der Waals surface area contributed by atoms with Gasteiger partial charge in [-0.3, -0.25) is 4.72 Å². The number of nitrogens with zero attached hydrogens (tertiary/aromatic N) is 2. The Morgan fingerprint density at radius 3 is 2.75 bits per heavy atom. The normalized spacial score (nSPS) is 20.6. The Morgan fingerprint density at radius 1 is 1.45 bits per heavy atom. The lowest BCUT2D eigenvalue weighted by Gasteiger charge is -2.32. The monoisotopic (exact) mass is 299 g/mol. The minimum absolute atomic E-state index is 0.0347. The summed E-state index contributed by atoms with van der Waals surface area (Å²) in [4.78, 5) is 14.4. The number of carboxylic acid groups (broad SMARTS) is 1. The first kappa shape index (κ1) is 14.7. The molecule has 110 valence electrons. The number of rotatable bonds is 4. The summed E-state index contributed by atoms with van der Waals surface area (Å²) < 4.78 is 28.4. The largest absolute Gasteiger partial charge is 0.477 e. The van der Waals surface area contributed by atoms with Crippen LogP contribution < -0.4 is 4.72 Å². The van der Waals surface area contributed by atoms with E-state index in [1.807, 2.05) is 6.92 Å². The number of aromatic nitrogens is 1. The van der Waals surface area contributed by atoms with E-state index < -0.39 is 16.2 Å². The van der Waals surface area contributed by atoms with Gasteiger partial charge in [-0.15, -0.1) is 0 Å². The SMILES string of the molecule is CC1CCCCN1S(=O)(=O)Nc1ccc(C(=O)O)nc1. The van der Waals surface area contributed by atoms with Crippen molar-refractivity contribution < 1.29 is 18.3 Å². The molecule has 1 fully saturated rings. The van der Waals surface area contributed by atoms with Crippen LogP contribution in [-0.2, 0) is 10.2 Å². The predicted octanol–water partition coefficient (Wildman–Crippen LogP) is 1.31. The van der Waals surface area contributed by atoms with Crippen LogP contribution in [0.25, 0.3) is 0 Å². The van der Waals surface area contributed by atoms with Gasteiger partial charge in [0, 0.05) is 12.6 Å². The summed E-state index contributed by atoms with van der Waals surface area (Å²) >= 11 is 0. The molecule has 0 amide bonds. The Morgan fingerprint density at radius 2 is 2.20 bits per heavy atom. The molecule has 1 aliphatic heterocycles. The van der Waals surface area contributed by atoms with E-state index in [-0.39, 0.29) is 17.4 Å². The van der Waals surface area contributed by atoms with E-state index >= 15 is 0 Å². The number of piperidine rings is 1. The predicted molar refractivity (Wildman–Crippen MR) is 73.8 cm³/mol. The van der Waals surface area contributed by atoms with Crippen LogP contribution in [0.15, 0.2) is 18.3 Å². The molecule has 0 spiro atoms. The molecule has 1 aromatic heterocycles. The summed E-state index contributed by atoms with van der Waals surface area (Å²) in [5.41, 5.74) is 0.132. The van der Waals surface area contributed by atoms with Crippen molar-refractivity contribution >= 4 is 21.9 Å². The van der Waals surface area contributed by atoms with Crippen molar-refractivity contribution in [3.05, 3.63) is 24.0 Å². The van der Waals surface area contributed by atoms with Crippen LogP contribution in [0.2, 0.25) is 0 Å². The number of carbonyl (C=O) groups is 1. The summed E-state index contributed by atoms with van der Waals surface area (Å²) in [6.07, 6.45) is 3.93. The zero-order valence-corrected chi connectivity index (χ0v) is 11.9. The maximum atomic E-state index is 12.3. The molecule has 1 atom stereocenters. The first-order chi connectivity index (χ1) is 9.40. The lowest BCUT2D eigenvalue weighted by atomic mass is 10.1. The number of carboxylic acids is 1. The molecule has 7 nitrogen and oxygen atoms in total. The van der Waals surface area contributed by atoms with E-state index in [0.717, 1.165) is 19.3 Å². The van der Waals surface area contributed by atoms with Crippen molar-refractivity contribution in [2.45, 2.75) is 32.2 Å². The molecule has 1 aromatic rings. The number of hydrogen-bond donors (Lipinski definition) is 2. The number of nitrogens with one attached hydrogen (secondary N) is 1. The van der Waals surface area contributed by atoms with Gasteiger partial charge < -0.3 is 5.11 Å². The fraction of sp³-hybridized carbons (Fsp3) is 0.500. The highest BCUT2D eigenvalue weighted by molar-refractivity contribution is 7.90. The van der Waals surface area contributed by atoms with Gasteiger partial charge in [-0.2, -0.15) is 12.7 Å². The van der Waals surface area contributed by atoms with Gasteiger partial charge in [-0.1, -0.05) is 6.42 Å². The standard InChI is InChI=1S/C12H17N3O4S/c1-9-4-2-3-7-15(9)20(18,19)14-10-5-6-11(12(16)17)13-8-10/h5-6,8-9,14H,2-4,7H2,1H3,(H,16,17). The summed E-state index contributed by atoms with van der Waals surface area (Å²) in [6.45, 7) is 2.38. The third kappa shape index (κ3) is 3.26. The highest BCUT2D eigenvalue weighted by Gasteiger charge is 2.29. The molecule has 20 heavy (non-hydrogen) atoms. The molecule has 1 aliphatic rings. The Labute approximate surface area is 117 Å². The van der Waals surface area contributed by atoms with E-state index in [1.165, 1.54) is 22.6 Å². The van der Waals surface area contributed by atoms with Gasteiger partial charge in [-0.25, -0.2) is 9.78 Å². The van der Waals surface area contributed by atoms with Crippen LogP contribution in [0.4, 0.5) is 5.69 Å². The average Bonchev–Trinajstić information content (AvgIpc) is 2.39. The zero-order chi connectivity index (χ0) is 14.8. The molecule has 0 saturated carbocycles. The second-order valence-electron chi connectivity index (χ2n) is 4.80. The van der Waals surface area contributed by atoms with Crippen LogP contribution in [0.5, 0.6) is 0 Å². The highest BCUT2D eigenvalue weighted by Crippen LogP contribution is 2.21. The molecule has 2 N–H and O–H groups in total. The van der Waals surface area contributed by atoms with E-state index in [2.05, 4.69) is 9.71 Å². The first-order valence-electron chi connectivity index (χ1n) is 6.39. The van der Waals surface area contributed by atoms with E-state index in [1.54, 1.807) is 0 Å². The molecule has 2 heterocycles. The quantitative estimate of drug-likeness (QED) is 0.873. The number of hydrogen-bond acceptors (Lipinski definition) is 4. The second kappa shape index (κ2) is 5.76. The molecule has 0 bridgehead atoms. The van der Waals surface area contributed by atoms with Crippen LogP contribution in [0, 0.1) is 0 Å². The van der Waals surface area contributed by atoms with Crippen molar-refractivity contribution in [3.63, 3.8) is 0 Å². The topological polar surface area (TPSA) is 99.6 Å². The third-order valence-electron chi connectivity index (χ3n) is 3.28. The molecule has 8 heteroatoms. The molecule has 0 aromatic carbocycles. The van der Waals surface area contributed by atoms with Gasteiger partial charge in [0.25, 0.3) is 0 Å². The Bertz CT molecular complexity index is 585. The summed E-state index contributed by atoms with van der Waals surface area (Å²) in [5.74, 6) is -1.15. The van der Waals surface area contributed by atoms with Crippen LogP contribution in [-0.4, -0.2) is 41.4 Å². The number of pyridine rings is 1. The maximum Gasteiger partial charge on any atom is 0.354 e. The molecule has 0 aliphatic carbocycles. The Hall–Kier alpha value is -1.67. The lowest BCUT2D eigenvalue weighted by Crippen LogP contribution is -2.44. The van der Waals surface area contributed by atoms with E-state index in [9.17, 15) is 13.2 Å². The molecule has 1 saturated heterocycles. The van der Waals surface area contributed by atoms with Crippen LogP contribution in [0.3, 0.4) is 0 Å². The summed E-state index contributed by atoms with van der Waals surface area (Å²) in [6, 6.07) is 2.62. The van der Waals surface area contributed by atoms with Crippen molar-refractivity contribution in [2.75, 3.05) is 11.3 Å². The Kier molecular flexibility index (Phi) is 4.24. The van der Waals surface area contributed by atoms with Crippen molar-refractivity contribution in [3.8, 4) is 0 Å². The third-order valence-corrected chi connectivity index (χ3v) is 4.93. The fourth-order valence-corrected chi connectivity index (χ4v) is 3.70. The Balaban J connectivity index is 2.13. The number of anilines is 1. The van der Waals surface area contributed by atoms with Gasteiger partial charge in [0.15, 0.2) is 0 Å². The lowest BCUT2D eigenvalue weighted by molar-refractivity contribution is 0.0690. The molecular weight excluding hydrogens is 282 g/mol. The van der Waals surface area contributed by atoms with Crippen molar-refractivity contribution in [1.29, 1.82) is 0 Å². The minimum atomic E-state index is -3.62. The molecule has 2 rings (SSSR count). The second-order valence-corrected chi connectivity index (χ2v) is 6.42. The van der Waals surface area contributed by atoms with Crippen LogP contribution >= 0.6 is 0 Å². The fourth-order valence-electron chi connectivity index (χ4n) is 2.22. The summed E-state index contributed by atoms with van der Waals surface area (Å²) in [5, 5.41) is 8.74. The van der Waals surface area contributed by atoms with Crippen LogP contribution in [0.1, 0.15) is 36.7 Å². The van der Waals surface area contributed by atoms with Gasteiger partial charge in [0.2, 0.25) is 0 Å². The minimum Gasteiger partial charge on any atom is -0.477 e. The first-order valence-corrected chi connectivity index (χ1v) is 7.83. The molecule has 1 unspecified atom stereocenters. The van der Waals surface area contributed by atoms with Crippen molar-refractivity contribution in [1.82, 2.24) is 9.29 Å². The maximum absolute atomic E-state index is 12.3. The van der Waals surface area contributed by atoms with Gasteiger partial charge in [0.05, 0.1) is 11.9 Å². The number of aromatic carboxylic acids is 1. The highest BCUT2D eigenvalue weighted by atomic mass is 32.2. The van der Waals surface area contributed by atoms with Crippen molar-refractivity contribution in [2.24, 2.45) is 0 Å². The van der Waals surface area contributed by atoms with E-state index in [4.69, 9.17) is 5.11 Å². The average molecular weight is 299 g/mol. The van der Waals surface area contributed by atoms with Gasteiger partial charge >= 0.3 is 16.2 Å².